The van der Waals surface area contributed by atoms with Gasteiger partial charge in [0.25, 0.3) is 0 Å². The third-order valence-corrected chi connectivity index (χ3v) is 2.92. The summed E-state index contributed by atoms with van der Waals surface area (Å²) in [6.45, 7) is 9.26. The maximum atomic E-state index is 5.92. The Balaban J connectivity index is 2.45. The molecule has 2 aromatic heterocycles. The van der Waals surface area contributed by atoms with Crippen molar-refractivity contribution in [1.29, 1.82) is 0 Å². The van der Waals surface area contributed by atoms with E-state index in [-0.39, 0.29) is 5.41 Å². The molecule has 0 aliphatic rings. The van der Waals surface area contributed by atoms with Crippen LogP contribution in [0.3, 0.4) is 0 Å². The summed E-state index contributed by atoms with van der Waals surface area (Å²) in [6.07, 6.45) is 4.37. The van der Waals surface area contributed by atoms with Gasteiger partial charge in [-0.3, -0.25) is 0 Å². The Kier molecular flexibility index (Phi) is 4.28. The summed E-state index contributed by atoms with van der Waals surface area (Å²) in [4.78, 5) is 9.17. The number of nitrogens with one attached hydrogen (secondary N) is 1. The van der Waals surface area contributed by atoms with Gasteiger partial charge in [-0.1, -0.05) is 39.3 Å². The second-order valence-electron chi connectivity index (χ2n) is 5.71. The van der Waals surface area contributed by atoms with Crippen molar-refractivity contribution in [2.45, 2.75) is 39.5 Å². The minimum atomic E-state index is -0.129. The van der Waals surface area contributed by atoms with Crippen molar-refractivity contribution in [3.05, 3.63) is 29.3 Å². The first-order valence-corrected chi connectivity index (χ1v) is 7.12. The van der Waals surface area contributed by atoms with E-state index in [0.29, 0.717) is 5.02 Å². The van der Waals surface area contributed by atoms with Crippen molar-refractivity contribution in [1.82, 2.24) is 19.7 Å². The van der Waals surface area contributed by atoms with Gasteiger partial charge in [-0.25, -0.2) is 14.6 Å². The molecule has 0 aromatic carbocycles. The number of aromatic nitrogens is 4. The number of halogens is 1. The average Bonchev–Trinajstić information content (AvgIpc) is 2.82. The van der Waals surface area contributed by atoms with Gasteiger partial charge in [0.05, 0.1) is 17.4 Å². The fourth-order valence-electron chi connectivity index (χ4n) is 1.66. The summed E-state index contributed by atoms with van der Waals surface area (Å²) in [5.41, 5.74) is -0.129. The van der Waals surface area contributed by atoms with Crippen LogP contribution in [0.4, 0.5) is 5.82 Å². The van der Waals surface area contributed by atoms with Crippen LogP contribution in [0.15, 0.2) is 18.5 Å². The number of hydrogen-bond donors (Lipinski definition) is 1. The Morgan fingerprint density at radius 1 is 1.30 bits per heavy atom. The van der Waals surface area contributed by atoms with Gasteiger partial charge in [0, 0.05) is 18.0 Å². The summed E-state index contributed by atoms with van der Waals surface area (Å²) >= 11 is 5.92. The van der Waals surface area contributed by atoms with Gasteiger partial charge in [0.1, 0.15) is 11.6 Å². The molecule has 0 fully saturated rings. The van der Waals surface area contributed by atoms with Crippen LogP contribution in [0, 0.1) is 0 Å². The Hall–Kier alpha value is -1.62. The van der Waals surface area contributed by atoms with E-state index in [1.54, 1.807) is 17.1 Å². The van der Waals surface area contributed by atoms with E-state index in [2.05, 4.69) is 48.1 Å². The van der Waals surface area contributed by atoms with Crippen molar-refractivity contribution < 1.29 is 0 Å². The highest BCUT2D eigenvalue weighted by molar-refractivity contribution is 6.30. The van der Waals surface area contributed by atoms with E-state index in [0.717, 1.165) is 30.4 Å². The lowest BCUT2D eigenvalue weighted by molar-refractivity contribution is 0.542. The molecule has 2 heterocycles. The van der Waals surface area contributed by atoms with Gasteiger partial charge in [-0.15, -0.1) is 0 Å². The SMILES string of the molecule is CCCNc1cc(-n2cc(Cl)cn2)nc(C(C)(C)C)n1. The van der Waals surface area contributed by atoms with E-state index in [9.17, 15) is 0 Å². The molecule has 0 saturated carbocycles. The highest BCUT2D eigenvalue weighted by atomic mass is 35.5. The summed E-state index contributed by atoms with van der Waals surface area (Å²) in [7, 11) is 0. The molecule has 20 heavy (non-hydrogen) atoms. The highest BCUT2D eigenvalue weighted by Gasteiger charge is 2.19. The summed E-state index contributed by atoms with van der Waals surface area (Å²) in [6, 6.07) is 1.88. The van der Waals surface area contributed by atoms with Gasteiger partial charge in [-0.05, 0) is 6.42 Å². The molecule has 0 unspecified atom stereocenters. The molecule has 108 valence electrons. The standard InChI is InChI=1S/C14H20ClN5/c1-5-6-16-11-7-12(20-9-10(15)8-17-20)19-13(18-11)14(2,3)4/h7-9H,5-6H2,1-4H3,(H,16,18,19). The Morgan fingerprint density at radius 3 is 2.60 bits per heavy atom. The first-order valence-electron chi connectivity index (χ1n) is 6.74. The van der Waals surface area contributed by atoms with Gasteiger partial charge < -0.3 is 5.32 Å². The van der Waals surface area contributed by atoms with E-state index in [4.69, 9.17) is 11.6 Å². The molecule has 0 aliphatic heterocycles. The topological polar surface area (TPSA) is 55.6 Å². The quantitative estimate of drug-likeness (QED) is 0.938. The maximum Gasteiger partial charge on any atom is 0.159 e. The number of nitrogens with zero attached hydrogens (tertiary/aromatic N) is 4. The second-order valence-corrected chi connectivity index (χ2v) is 6.15. The zero-order valence-corrected chi connectivity index (χ0v) is 13.1. The molecule has 2 aromatic rings. The van der Waals surface area contributed by atoms with Gasteiger partial charge in [0.15, 0.2) is 5.82 Å². The molecular formula is C14H20ClN5. The molecule has 6 heteroatoms. The molecule has 0 spiro atoms. The van der Waals surface area contributed by atoms with Crippen molar-refractivity contribution in [2.75, 3.05) is 11.9 Å². The van der Waals surface area contributed by atoms with E-state index in [1.165, 1.54) is 0 Å². The van der Waals surface area contributed by atoms with Crippen LogP contribution in [0.25, 0.3) is 5.82 Å². The predicted octanol–water partition coefficient (Wildman–Crippen LogP) is 3.44. The number of anilines is 1. The molecular weight excluding hydrogens is 274 g/mol. The van der Waals surface area contributed by atoms with E-state index in [1.807, 2.05) is 6.07 Å². The molecule has 0 saturated heterocycles. The van der Waals surface area contributed by atoms with E-state index < -0.39 is 0 Å². The average molecular weight is 294 g/mol. The Labute approximate surface area is 124 Å². The monoisotopic (exact) mass is 293 g/mol. The maximum absolute atomic E-state index is 5.92. The first-order chi connectivity index (χ1) is 9.40. The Morgan fingerprint density at radius 2 is 2.05 bits per heavy atom. The largest absolute Gasteiger partial charge is 0.370 e. The lowest BCUT2D eigenvalue weighted by atomic mass is 9.96. The van der Waals surface area contributed by atoms with Crippen LogP contribution in [0.2, 0.25) is 5.02 Å². The molecule has 0 atom stereocenters. The fourth-order valence-corrected chi connectivity index (χ4v) is 1.79. The van der Waals surface area contributed by atoms with Crippen LogP contribution in [0.1, 0.15) is 39.9 Å². The van der Waals surface area contributed by atoms with Crippen molar-refractivity contribution >= 4 is 17.4 Å². The third kappa shape index (κ3) is 3.48. The highest BCUT2D eigenvalue weighted by Crippen LogP contribution is 2.22. The zero-order chi connectivity index (χ0) is 14.8. The second kappa shape index (κ2) is 5.79. The minimum Gasteiger partial charge on any atom is -0.370 e. The lowest BCUT2D eigenvalue weighted by Crippen LogP contribution is -2.19. The van der Waals surface area contributed by atoms with E-state index >= 15 is 0 Å². The molecule has 1 N–H and O–H groups in total. The molecule has 0 bridgehead atoms. The summed E-state index contributed by atoms with van der Waals surface area (Å²) in [5.74, 6) is 2.31. The molecule has 0 amide bonds. The summed E-state index contributed by atoms with van der Waals surface area (Å²) in [5, 5.41) is 8.08. The minimum absolute atomic E-state index is 0.129. The number of hydrogen-bond acceptors (Lipinski definition) is 4. The zero-order valence-electron chi connectivity index (χ0n) is 12.3. The van der Waals surface area contributed by atoms with Gasteiger partial charge in [0.2, 0.25) is 0 Å². The van der Waals surface area contributed by atoms with Gasteiger partial charge in [-0.2, -0.15) is 5.10 Å². The van der Waals surface area contributed by atoms with Crippen molar-refractivity contribution in [2.24, 2.45) is 0 Å². The smallest absolute Gasteiger partial charge is 0.159 e. The predicted molar refractivity (Wildman–Crippen MR) is 81.6 cm³/mol. The lowest BCUT2D eigenvalue weighted by Gasteiger charge is -2.18. The normalized spacial score (nSPS) is 11.7. The van der Waals surface area contributed by atoms with Crippen LogP contribution < -0.4 is 5.32 Å². The van der Waals surface area contributed by atoms with Crippen molar-refractivity contribution in [3.8, 4) is 5.82 Å². The first kappa shape index (κ1) is 14.8. The molecule has 2 rings (SSSR count). The van der Waals surface area contributed by atoms with Crippen LogP contribution in [-0.2, 0) is 5.41 Å². The van der Waals surface area contributed by atoms with Crippen LogP contribution in [-0.4, -0.2) is 26.3 Å². The Bertz CT molecular complexity index is 585. The fraction of sp³-hybridized carbons (Fsp3) is 0.500. The molecule has 0 radical (unpaired) electrons. The van der Waals surface area contributed by atoms with Crippen LogP contribution >= 0.6 is 11.6 Å². The molecule has 0 aliphatic carbocycles. The molecule has 5 nitrogen and oxygen atoms in total. The van der Waals surface area contributed by atoms with Crippen LogP contribution in [0.5, 0.6) is 0 Å². The van der Waals surface area contributed by atoms with Crippen molar-refractivity contribution in [3.63, 3.8) is 0 Å². The summed E-state index contributed by atoms with van der Waals surface area (Å²) < 4.78 is 1.66. The third-order valence-electron chi connectivity index (χ3n) is 2.73. The number of rotatable bonds is 4. The van der Waals surface area contributed by atoms with Gasteiger partial charge >= 0.3 is 0 Å².